The second-order valence-corrected chi connectivity index (χ2v) is 5.10. The van der Waals surface area contributed by atoms with Gasteiger partial charge in [-0.1, -0.05) is 22.4 Å². The molecular weight excluding hydrogens is 276 g/mol. The van der Waals surface area contributed by atoms with Crippen LogP contribution in [0, 0.1) is 11.6 Å². The average Bonchev–Trinajstić information content (AvgIpc) is 2.25. The van der Waals surface area contributed by atoms with Gasteiger partial charge in [-0.15, -0.1) is 0 Å². The molecule has 0 N–H and O–H groups in total. The second-order valence-electron chi connectivity index (χ2n) is 4.18. The van der Waals surface area contributed by atoms with Crippen LogP contribution in [-0.4, -0.2) is 18.0 Å². The van der Waals surface area contributed by atoms with E-state index < -0.39 is 11.6 Å². The molecule has 0 aromatic heterocycles. The highest BCUT2D eigenvalue weighted by Gasteiger charge is 2.16. The zero-order valence-electron chi connectivity index (χ0n) is 8.98. The lowest BCUT2D eigenvalue weighted by Gasteiger charge is -2.26. The molecule has 1 saturated heterocycles. The van der Waals surface area contributed by atoms with Gasteiger partial charge in [0.15, 0.2) is 0 Å². The van der Waals surface area contributed by atoms with Gasteiger partial charge in [-0.25, -0.2) is 8.78 Å². The molecule has 1 heterocycles. The Bertz CT molecular complexity index is 352. The van der Waals surface area contributed by atoms with Crippen molar-refractivity contribution in [3.8, 4) is 0 Å². The third-order valence-corrected chi connectivity index (χ3v) is 3.39. The first-order chi connectivity index (χ1) is 7.66. The van der Waals surface area contributed by atoms with E-state index in [1.165, 1.54) is 18.6 Å². The quantitative estimate of drug-likeness (QED) is 0.802. The molecule has 88 valence electrons. The van der Waals surface area contributed by atoms with E-state index in [2.05, 4.69) is 20.8 Å². The first-order valence-corrected chi connectivity index (χ1v) is 6.32. The minimum Gasteiger partial charge on any atom is -0.299 e. The fourth-order valence-electron chi connectivity index (χ4n) is 2.06. The van der Waals surface area contributed by atoms with Crippen molar-refractivity contribution in [3.63, 3.8) is 0 Å². The molecule has 0 unspecified atom stereocenters. The molecule has 0 atom stereocenters. The summed E-state index contributed by atoms with van der Waals surface area (Å²) in [6.45, 7) is 2.26. The van der Waals surface area contributed by atoms with Crippen molar-refractivity contribution in [1.82, 2.24) is 4.90 Å². The smallest absolute Gasteiger partial charge is 0.131 e. The molecule has 1 fully saturated rings. The SMILES string of the molecule is Fc1cc(Br)cc(F)c1CN1CCCCC1. The number of rotatable bonds is 2. The summed E-state index contributed by atoms with van der Waals surface area (Å²) in [5.41, 5.74) is 0.185. The number of nitrogens with zero attached hydrogens (tertiary/aromatic N) is 1. The van der Waals surface area contributed by atoms with E-state index >= 15 is 0 Å². The monoisotopic (exact) mass is 289 g/mol. The number of halogens is 3. The third-order valence-electron chi connectivity index (χ3n) is 2.94. The summed E-state index contributed by atoms with van der Waals surface area (Å²) in [6, 6.07) is 2.64. The average molecular weight is 290 g/mol. The summed E-state index contributed by atoms with van der Waals surface area (Å²) in [5.74, 6) is -0.921. The molecule has 2 rings (SSSR count). The highest BCUT2D eigenvalue weighted by Crippen LogP contribution is 2.22. The molecule has 0 radical (unpaired) electrons. The third kappa shape index (κ3) is 2.80. The molecule has 1 nitrogen and oxygen atoms in total. The zero-order valence-corrected chi connectivity index (χ0v) is 10.6. The van der Waals surface area contributed by atoms with Crippen molar-refractivity contribution in [1.29, 1.82) is 0 Å². The standard InChI is InChI=1S/C12H14BrF2N/c13-9-6-11(14)10(12(15)7-9)8-16-4-2-1-3-5-16/h6-7H,1-5,8H2. The number of piperidine rings is 1. The number of hydrogen-bond acceptors (Lipinski definition) is 1. The van der Waals surface area contributed by atoms with Crippen LogP contribution in [0.5, 0.6) is 0 Å². The Morgan fingerprint density at radius 3 is 2.19 bits per heavy atom. The molecular formula is C12H14BrF2N. The highest BCUT2D eigenvalue weighted by atomic mass is 79.9. The summed E-state index contributed by atoms with van der Waals surface area (Å²) < 4.78 is 27.6. The predicted molar refractivity (Wildman–Crippen MR) is 63.2 cm³/mol. The van der Waals surface area contributed by atoms with Crippen LogP contribution in [0.25, 0.3) is 0 Å². The molecule has 0 amide bonds. The van der Waals surface area contributed by atoms with E-state index in [0.29, 0.717) is 11.0 Å². The first-order valence-electron chi connectivity index (χ1n) is 5.52. The van der Waals surface area contributed by atoms with E-state index in [9.17, 15) is 8.78 Å². The van der Waals surface area contributed by atoms with Crippen molar-refractivity contribution in [3.05, 3.63) is 33.8 Å². The van der Waals surface area contributed by atoms with Crippen LogP contribution in [0.2, 0.25) is 0 Å². The van der Waals surface area contributed by atoms with E-state index in [1.807, 2.05) is 0 Å². The van der Waals surface area contributed by atoms with Crippen molar-refractivity contribution in [2.45, 2.75) is 25.8 Å². The molecule has 0 aliphatic carbocycles. The highest BCUT2D eigenvalue weighted by molar-refractivity contribution is 9.10. The summed E-state index contributed by atoms with van der Waals surface area (Å²) in [5, 5.41) is 0. The van der Waals surface area contributed by atoms with Gasteiger partial charge >= 0.3 is 0 Å². The fourth-order valence-corrected chi connectivity index (χ4v) is 2.47. The normalized spacial score (nSPS) is 17.7. The van der Waals surface area contributed by atoms with Gasteiger partial charge in [0.1, 0.15) is 11.6 Å². The van der Waals surface area contributed by atoms with Gasteiger partial charge in [0, 0.05) is 16.6 Å². The molecule has 16 heavy (non-hydrogen) atoms. The predicted octanol–water partition coefficient (Wildman–Crippen LogP) is 3.71. The number of likely N-dealkylation sites (tertiary alicyclic amines) is 1. The van der Waals surface area contributed by atoms with E-state index in [1.54, 1.807) is 0 Å². The van der Waals surface area contributed by atoms with Crippen molar-refractivity contribution in [2.24, 2.45) is 0 Å². The fraction of sp³-hybridized carbons (Fsp3) is 0.500. The molecule has 0 saturated carbocycles. The van der Waals surface area contributed by atoms with Crippen LogP contribution in [0.3, 0.4) is 0 Å². The number of hydrogen-bond donors (Lipinski definition) is 0. The van der Waals surface area contributed by atoms with Gasteiger partial charge in [-0.3, -0.25) is 4.90 Å². The minimum atomic E-state index is -0.461. The van der Waals surface area contributed by atoms with Crippen LogP contribution in [-0.2, 0) is 6.54 Å². The Kier molecular flexibility index (Phi) is 3.92. The zero-order chi connectivity index (χ0) is 11.5. The molecule has 1 aromatic carbocycles. The Labute approximate surface area is 103 Å². The van der Waals surface area contributed by atoms with Gasteiger partial charge in [0.2, 0.25) is 0 Å². The Hall–Kier alpha value is -0.480. The van der Waals surface area contributed by atoms with Gasteiger partial charge in [-0.2, -0.15) is 0 Å². The van der Waals surface area contributed by atoms with Crippen LogP contribution in [0.1, 0.15) is 24.8 Å². The maximum atomic E-state index is 13.6. The van der Waals surface area contributed by atoms with Crippen molar-refractivity contribution >= 4 is 15.9 Å². The largest absolute Gasteiger partial charge is 0.299 e. The Balaban J connectivity index is 2.14. The Morgan fingerprint density at radius 2 is 1.62 bits per heavy atom. The molecule has 0 bridgehead atoms. The van der Waals surface area contributed by atoms with E-state index in [4.69, 9.17) is 0 Å². The molecule has 1 aliphatic heterocycles. The van der Waals surface area contributed by atoms with Gasteiger partial charge in [0.05, 0.1) is 0 Å². The summed E-state index contributed by atoms with van der Waals surface area (Å²) >= 11 is 3.08. The molecule has 1 aliphatic rings. The van der Waals surface area contributed by atoms with Crippen molar-refractivity contribution in [2.75, 3.05) is 13.1 Å². The first kappa shape index (κ1) is 12.0. The Morgan fingerprint density at radius 1 is 1.06 bits per heavy atom. The van der Waals surface area contributed by atoms with Crippen molar-refractivity contribution < 1.29 is 8.78 Å². The molecule has 1 aromatic rings. The van der Waals surface area contributed by atoms with E-state index in [0.717, 1.165) is 25.9 Å². The van der Waals surface area contributed by atoms with E-state index in [-0.39, 0.29) is 5.56 Å². The lowest BCUT2D eigenvalue weighted by molar-refractivity contribution is 0.215. The molecule has 0 spiro atoms. The van der Waals surface area contributed by atoms with Gasteiger partial charge < -0.3 is 0 Å². The topological polar surface area (TPSA) is 3.24 Å². The minimum absolute atomic E-state index is 0.185. The van der Waals surface area contributed by atoms with Gasteiger partial charge in [0.25, 0.3) is 0 Å². The lowest BCUT2D eigenvalue weighted by atomic mass is 10.1. The maximum absolute atomic E-state index is 13.6. The van der Waals surface area contributed by atoms with Gasteiger partial charge in [-0.05, 0) is 38.1 Å². The lowest BCUT2D eigenvalue weighted by Crippen LogP contribution is -2.29. The van der Waals surface area contributed by atoms with Crippen LogP contribution < -0.4 is 0 Å². The summed E-state index contributed by atoms with van der Waals surface area (Å²) in [7, 11) is 0. The van der Waals surface area contributed by atoms with Crippen LogP contribution in [0.15, 0.2) is 16.6 Å². The number of benzene rings is 1. The molecule has 4 heteroatoms. The second kappa shape index (κ2) is 5.23. The summed E-state index contributed by atoms with van der Waals surface area (Å²) in [4.78, 5) is 2.11. The summed E-state index contributed by atoms with van der Waals surface area (Å²) in [6.07, 6.45) is 3.47. The van der Waals surface area contributed by atoms with Crippen LogP contribution in [0.4, 0.5) is 8.78 Å². The van der Waals surface area contributed by atoms with Crippen LogP contribution >= 0.6 is 15.9 Å². The maximum Gasteiger partial charge on any atom is 0.131 e.